The van der Waals surface area contributed by atoms with Gasteiger partial charge in [-0.2, -0.15) is 0 Å². The number of halogens is 1. The van der Waals surface area contributed by atoms with Gasteiger partial charge in [-0.05, 0) is 47.2 Å². The summed E-state index contributed by atoms with van der Waals surface area (Å²) < 4.78 is 16.5. The van der Waals surface area contributed by atoms with Gasteiger partial charge in [-0.3, -0.25) is 4.79 Å². The van der Waals surface area contributed by atoms with Crippen LogP contribution in [0.5, 0.6) is 11.5 Å². The number of carbonyl (C=O) groups is 2. The third-order valence-corrected chi connectivity index (χ3v) is 6.36. The van der Waals surface area contributed by atoms with Gasteiger partial charge in [0.1, 0.15) is 16.4 Å². The van der Waals surface area contributed by atoms with Crippen LogP contribution < -0.4 is 9.47 Å². The highest BCUT2D eigenvalue weighted by atomic mass is 35.5. The quantitative estimate of drug-likeness (QED) is 0.281. The molecule has 4 aromatic rings. The largest absolute Gasteiger partial charge is 0.497 e. The number of Topliss-reactive ketones (excluding diaryl/α,β-unsaturated/α-hetero) is 1. The van der Waals surface area contributed by atoms with Gasteiger partial charge in [0.25, 0.3) is 0 Å². The van der Waals surface area contributed by atoms with Crippen LogP contribution in [0.15, 0.2) is 54.6 Å². The van der Waals surface area contributed by atoms with Crippen LogP contribution in [-0.2, 0) is 4.74 Å². The minimum atomic E-state index is -0.626. The van der Waals surface area contributed by atoms with Gasteiger partial charge in [-0.25, -0.2) is 4.79 Å². The molecule has 30 heavy (non-hydrogen) atoms. The Morgan fingerprint density at radius 1 is 0.900 bits per heavy atom. The van der Waals surface area contributed by atoms with Crippen molar-refractivity contribution in [2.75, 3.05) is 20.8 Å². The van der Waals surface area contributed by atoms with Gasteiger partial charge in [0, 0.05) is 15.6 Å². The number of carbonyl (C=O) groups excluding carboxylic acids is 2. The highest BCUT2D eigenvalue weighted by Gasteiger charge is 2.20. The maximum Gasteiger partial charge on any atom is 0.350 e. The molecule has 0 amide bonds. The van der Waals surface area contributed by atoms with Crippen molar-refractivity contribution in [1.29, 1.82) is 0 Å². The second-order valence-electron chi connectivity index (χ2n) is 6.53. The molecule has 152 valence electrons. The van der Waals surface area contributed by atoms with Gasteiger partial charge >= 0.3 is 5.97 Å². The van der Waals surface area contributed by atoms with E-state index in [0.717, 1.165) is 26.6 Å². The molecule has 1 aromatic heterocycles. The molecule has 7 heteroatoms. The Morgan fingerprint density at radius 2 is 1.57 bits per heavy atom. The molecule has 1 heterocycles. The minimum Gasteiger partial charge on any atom is -0.497 e. The van der Waals surface area contributed by atoms with E-state index in [2.05, 4.69) is 0 Å². The first kappa shape index (κ1) is 20.2. The van der Waals surface area contributed by atoms with Crippen molar-refractivity contribution >= 4 is 55.5 Å². The molecule has 0 unspecified atom stereocenters. The first-order valence-electron chi connectivity index (χ1n) is 9.04. The first-order chi connectivity index (χ1) is 14.5. The van der Waals surface area contributed by atoms with E-state index in [4.69, 9.17) is 25.8 Å². The standard InChI is InChI=1S/C23H17ClO5S/c1-27-16-6-5-13-9-15(4-3-14(13)10-16)19(25)12-29-23(26)22-21(24)18-8-7-17(28-2)11-20(18)30-22/h3-11H,12H2,1-2H3. The molecule has 0 aliphatic heterocycles. The molecule has 0 saturated heterocycles. The monoisotopic (exact) mass is 440 g/mol. The topological polar surface area (TPSA) is 61.8 Å². The van der Waals surface area contributed by atoms with Crippen molar-refractivity contribution in [2.45, 2.75) is 0 Å². The van der Waals surface area contributed by atoms with E-state index in [0.29, 0.717) is 16.3 Å². The predicted octanol–water partition coefficient (Wildman–Crippen LogP) is 5.76. The fourth-order valence-electron chi connectivity index (χ4n) is 3.11. The van der Waals surface area contributed by atoms with Gasteiger partial charge in [0.15, 0.2) is 12.4 Å². The van der Waals surface area contributed by atoms with E-state index >= 15 is 0 Å². The number of fused-ring (bicyclic) bond motifs is 2. The Bertz CT molecular complexity index is 1280. The molecule has 0 bridgehead atoms. The van der Waals surface area contributed by atoms with Gasteiger partial charge in [-0.1, -0.05) is 29.8 Å². The van der Waals surface area contributed by atoms with Gasteiger partial charge in [0.05, 0.1) is 19.2 Å². The smallest absolute Gasteiger partial charge is 0.350 e. The Labute approximate surface area is 181 Å². The van der Waals surface area contributed by atoms with Crippen LogP contribution in [-0.4, -0.2) is 32.6 Å². The molecular formula is C23H17ClO5S. The van der Waals surface area contributed by atoms with Crippen molar-refractivity contribution in [2.24, 2.45) is 0 Å². The van der Waals surface area contributed by atoms with Crippen LogP contribution in [0.3, 0.4) is 0 Å². The number of ether oxygens (including phenoxy) is 3. The summed E-state index contributed by atoms with van der Waals surface area (Å²) in [5.74, 6) is 0.497. The highest BCUT2D eigenvalue weighted by molar-refractivity contribution is 7.21. The summed E-state index contributed by atoms with van der Waals surface area (Å²) in [5, 5.41) is 2.91. The van der Waals surface area contributed by atoms with E-state index in [-0.39, 0.29) is 17.3 Å². The molecule has 0 saturated carbocycles. The van der Waals surface area contributed by atoms with E-state index in [1.165, 1.54) is 11.3 Å². The molecule has 5 nitrogen and oxygen atoms in total. The fourth-order valence-corrected chi connectivity index (χ4v) is 4.54. The third kappa shape index (κ3) is 3.84. The number of hydrogen-bond acceptors (Lipinski definition) is 6. The molecule has 0 N–H and O–H groups in total. The maximum absolute atomic E-state index is 12.5. The van der Waals surface area contributed by atoms with Crippen molar-refractivity contribution in [1.82, 2.24) is 0 Å². The van der Waals surface area contributed by atoms with Crippen LogP contribution in [0.1, 0.15) is 20.0 Å². The summed E-state index contributed by atoms with van der Waals surface area (Å²) in [6, 6.07) is 16.3. The number of rotatable bonds is 6. The van der Waals surface area contributed by atoms with Gasteiger partial charge in [-0.15, -0.1) is 11.3 Å². The number of methoxy groups -OCH3 is 2. The normalized spacial score (nSPS) is 10.9. The van der Waals surface area contributed by atoms with Crippen LogP contribution in [0.2, 0.25) is 5.02 Å². The zero-order chi connectivity index (χ0) is 21.3. The van der Waals surface area contributed by atoms with E-state index < -0.39 is 5.97 Å². The first-order valence-corrected chi connectivity index (χ1v) is 10.2. The molecule has 0 radical (unpaired) electrons. The zero-order valence-corrected chi connectivity index (χ0v) is 17.8. The van der Waals surface area contributed by atoms with E-state index in [1.807, 2.05) is 24.3 Å². The van der Waals surface area contributed by atoms with E-state index in [9.17, 15) is 9.59 Å². The van der Waals surface area contributed by atoms with Gasteiger partial charge < -0.3 is 14.2 Å². The lowest BCUT2D eigenvalue weighted by atomic mass is 10.0. The number of ketones is 1. The maximum atomic E-state index is 12.5. The predicted molar refractivity (Wildman–Crippen MR) is 119 cm³/mol. The Balaban J connectivity index is 1.49. The molecule has 0 fully saturated rings. The van der Waals surface area contributed by atoms with Gasteiger partial charge in [0.2, 0.25) is 0 Å². The number of benzene rings is 3. The highest BCUT2D eigenvalue weighted by Crippen LogP contribution is 2.37. The Hall–Kier alpha value is -3.09. The summed E-state index contributed by atoms with van der Waals surface area (Å²) in [6.45, 7) is -0.367. The second kappa shape index (κ2) is 8.34. The summed E-state index contributed by atoms with van der Waals surface area (Å²) >= 11 is 7.55. The molecule has 3 aromatic carbocycles. The van der Waals surface area contributed by atoms with Crippen LogP contribution in [0.25, 0.3) is 20.9 Å². The number of thiophene rings is 1. The fraction of sp³-hybridized carbons (Fsp3) is 0.130. The van der Waals surface area contributed by atoms with E-state index in [1.54, 1.807) is 44.6 Å². The van der Waals surface area contributed by atoms with Crippen LogP contribution in [0.4, 0.5) is 0 Å². The van der Waals surface area contributed by atoms with Crippen LogP contribution >= 0.6 is 22.9 Å². The SMILES string of the molecule is COc1ccc2cc(C(=O)COC(=O)c3sc4cc(OC)ccc4c3Cl)ccc2c1. The number of esters is 1. The molecule has 0 atom stereocenters. The lowest BCUT2D eigenvalue weighted by Crippen LogP contribution is -2.13. The van der Waals surface area contributed by atoms with Crippen molar-refractivity contribution < 1.29 is 23.8 Å². The summed E-state index contributed by atoms with van der Waals surface area (Å²) in [7, 11) is 3.17. The zero-order valence-electron chi connectivity index (χ0n) is 16.2. The molecule has 0 aliphatic rings. The lowest BCUT2D eigenvalue weighted by molar-refractivity contribution is 0.0480. The summed E-state index contributed by atoms with van der Waals surface area (Å²) in [5.41, 5.74) is 0.465. The molecule has 0 spiro atoms. The Morgan fingerprint density at radius 3 is 2.33 bits per heavy atom. The molecule has 4 rings (SSSR count). The summed E-state index contributed by atoms with van der Waals surface area (Å²) in [6.07, 6.45) is 0. The van der Waals surface area contributed by atoms with Crippen molar-refractivity contribution in [3.8, 4) is 11.5 Å². The number of hydrogen-bond donors (Lipinski definition) is 0. The average molecular weight is 441 g/mol. The minimum absolute atomic E-state index is 0.262. The molecular weight excluding hydrogens is 424 g/mol. The molecule has 0 aliphatic carbocycles. The average Bonchev–Trinajstić information content (AvgIpc) is 3.12. The van der Waals surface area contributed by atoms with Crippen molar-refractivity contribution in [3.63, 3.8) is 0 Å². The Kier molecular flexibility index (Phi) is 5.61. The van der Waals surface area contributed by atoms with Crippen LogP contribution in [0, 0.1) is 0 Å². The second-order valence-corrected chi connectivity index (χ2v) is 7.96. The van der Waals surface area contributed by atoms with Crippen molar-refractivity contribution in [3.05, 3.63) is 70.1 Å². The summed E-state index contributed by atoms with van der Waals surface area (Å²) in [4.78, 5) is 25.3. The third-order valence-electron chi connectivity index (χ3n) is 4.73. The lowest BCUT2D eigenvalue weighted by Gasteiger charge is -2.06.